The van der Waals surface area contributed by atoms with Crippen molar-refractivity contribution in [2.75, 3.05) is 19.7 Å². The topological polar surface area (TPSA) is 56.8 Å². The molecule has 0 bridgehead atoms. The van der Waals surface area contributed by atoms with E-state index in [9.17, 15) is 4.79 Å². The number of para-hydroxylation sites is 4. The number of hydrogen-bond acceptors (Lipinski definition) is 5. The molecule has 0 fully saturated rings. The minimum Gasteiger partial charge on any atom is -0.486 e. The molecule has 0 saturated carbocycles. The fourth-order valence-corrected chi connectivity index (χ4v) is 3.08. The molecule has 0 saturated heterocycles. The highest BCUT2D eigenvalue weighted by Gasteiger charge is 2.23. The highest BCUT2D eigenvalue weighted by Crippen LogP contribution is 2.31. The van der Waals surface area contributed by atoms with Crippen molar-refractivity contribution in [3.05, 3.63) is 59.1 Å². The molecule has 0 unspecified atom stereocenters. The molecule has 2 aromatic carbocycles. The summed E-state index contributed by atoms with van der Waals surface area (Å²) in [4.78, 5) is 14.3. The van der Waals surface area contributed by atoms with E-state index in [4.69, 9.17) is 13.9 Å². The average molecular weight is 340 g/mol. The zero-order valence-electron chi connectivity index (χ0n) is 14.1. The summed E-state index contributed by atoms with van der Waals surface area (Å²) < 4.78 is 18.8. The van der Waals surface area contributed by atoms with Crippen LogP contribution in [0, 0.1) is 0 Å². The van der Waals surface area contributed by atoms with Gasteiger partial charge in [-0.25, -0.2) is 4.79 Å². The van der Waals surface area contributed by atoms with Gasteiger partial charge in [-0.3, -0.25) is 9.47 Å². The number of ether oxygens (including phenoxy) is 2. The maximum Gasteiger partial charge on any atom is 0.421 e. The molecule has 0 amide bonds. The molecule has 0 N–H and O–H groups in total. The third kappa shape index (κ3) is 3.13. The molecule has 0 aliphatic carbocycles. The number of likely N-dealkylation sites (N-methyl/N-ethyl adjacent to an activating group) is 1. The predicted octanol–water partition coefficient (Wildman–Crippen LogP) is 2.71. The Bertz CT molecular complexity index is 930. The van der Waals surface area contributed by atoms with E-state index in [1.807, 2.05) is 42.5 Å². The van der Waals surface area contributed by atoms with Crippen LogP contribution in [0.25, 0.3) is 11.1 Å². The summed E-state index contributed by atoms with van der Waals surface area (Å²) >= 11 is 0. The summed E-state index contributed by atoms with van der Waals surface area (Å²) in [7, 11) is 0. The van der Waals surface area contributed by atoms with Gasteiger partial charge in [0.2, 0.25) is 0 Å². The van der Waals surface area contributed by atoms with Crippen LogP contribution in [0.2, 0.25) is 0 Å². The first-order chi connectivity index (χ1) is 12.2. The first-order valence-corrected chi connectivity index (χ1v) is 8.44. The van der Waals surface area contributed by atoms with Gasteiger partial charge in [-0.1, -0.05) is 31.2 Å². The third-order valence-electron chi connectivity index (χ3n) is 4.39. The van der Waals surface area contributed by atoms with Crippen LogP contribution in [0.4, 0.5) is 0 Å². The Morgan fingerprint density at radius 2 is 1.88 bits per heavy atom. The highest BCUT2D eigenvalue weighted by atomic mass is 16.6. The average Bonchev–Trinajstić information content (AvgIpc) is 2.96. The van der Waals surface area contributed by atoms with Gasteiger partial charge in [0.1, 0.15) is 12.7 Å². The van der Waals surface area contributed by atoms with Crippen molar-refractivity contribution in [1.82, 2.24) is 9.47 Å². The van der Waals surface area contributed by atoms with Gasteiger partial charge in [-0.15, -0.1) is 0 Å². The molecule has 1 aliphatic rings. The van der Waals surface area contributed by atoms with Crippen molar-refractivity contribution in [2.45, 2.75) is 19.7 Å². The highest BCUT2D eigenvalue weighted by molar-refractivity contribution is 5.72. The van der Waals surface area contributed by atoms with Crippen molar-refractivity contribution in [3.63, 3.8) is 0 Å². The first-order valence-electron chi connectivity index (χ1n) is 8.44. The van der Waals surface area contributed by atoms with Gasteiger partial charge in [0.25, 0.3) is 0 Å². The van der Waals surface area contributed by atoms with Gasteiger partial charge < -0.3 is 13.9 Å². The van der Waals surface area contributed by atoms with Gasteiger partial charge in [0.15, 0.2) is 17.1 Å². The minimum absolute atomic E-state index is 0.0799. The number of hydrogen-bond donors (Lipinski definition) is 0. The number of aromatic nitrogens is 1. The molecule has 6 heteroatoms. The maximum atomic E-state index is 12.2. The van der Waals surface area contributed by atoms with E-state index >= 15 is 0 Å². The third-order valence-corrected chi connectivity index (χ3v) is 4.39. The van der Waals surface area contributed by atoms with Crippen LogP contribution in [-0.2, 0) is 6.67 Å². The maximum absolute atomic E-state index is 12.2. The molecule has 6 nitrogen and oxygen atoms in total. The number of oxazole rings is 1. The van der Waals surface area contributed by atoms with Gasteiger partial charge in [0, 0.05) is 6.54 Å². The lowest BCUT2D eigenvalue weighted by Gasteiger charge is -2.30. The van der Waals surface area contributed by atoms with Crippen LogP contribution in [0.15, 0.2) is 57.7 Å². The first kappa shape index (κ1) is 15.8. The van der Waals surface area contributed by atoms with E-state index in [1.54, 1.807) is 10.6 Å². The molecule has 0 spiro atoms. The van der Waals surface area contributed by atoms with Gasteiger partial charge >= 0.3 is 5.76 Å². The normalized spacial score (nSPS) is 16.5. The van der Waals surface area contributed by atoms with E-state index in [0.717, 1.165) is 23.6 Å². The summed E-state index contributed by atoms with van der Waals surface area (Å²) in [6, 6.07) is 15.1. The summed E-state index contributed by atoms with van der Waals surface area (Å²) in [5, 5.41) is 0. The molecule has 0 radical (unpaired) electrons. The largest absolute Gasteiger partial charge is 0.486 e. The number of benzene rings is 2. The van der Waals surface area contributed by atoms with E-state index in [0.29, 0.717) is 25.4 Å². The SMILES string of the molecule is CCN(C[C@@H]1COc2ccccc2O1)Cn1c(=O)oc2ccccc21. The Labute approximate surface area is 145 Å². The predicted molar refractivity (Wildman–Crippen MR) is 94.1 cm³/mol. The quantitative estimate of drug-likeness (QED) is 0.715. The molecular weight excluding hydrogens is 320 g/mol. The van der Waals surface area contributed by atoms with Crippen LogP contribution >= 0.6 is 0 Å². The summed E-state index contributed by atoms with van der Waals surface area (Å²) in [6.45, 7) is 4.46. The molecule has 3 aromatic rings. The van der Waals surface area contributed by atoms with Crippen LogP contribution in [-0.4, -0.2) is 35.3 Å². The minimum atomic E-state index is -0.342. The lowest BCUT2D eigenvalue weighted by molar-refractivity contribution is 0.0509. The molecule has 25 heavy (non-hydrogen) atoms. The summed E-state index contributed by atoms with van der Waals surface area (Å²) in [5.74, 6) is 1.20. The van der Waals surface area contributed by atoms with Gasteiger partial charge in [-0.05, 0) is 30.8 Å². The lowest BCUT2D eigenvalue weighted by Crippen LogP contribution is -2.42. The van der Waals surface area contributed by atoms with E-state index < -0.39 is 0 Å². The standard InChI is InChI=1S/C19H20N2O4/c1-2-20(11-14-12-23-17-9-5-6-10-18(17)24-14)13-21-15-7-3-4-8-16(15)25-19(21)22/h3-10,14H,2,11-13H2,1H3/t14-/m1/s1. The van der Waals surface area contributed by atoms with Gasteiger partial charge in [-0.2, -0.15) is 0 Å². The number of rotatable bonds is 5. The Balaban J connectivity index is 1.50. The van der Waals surface area contributed by atoms with Crippen molar-refractivity contribution >= 4 is 11.1 Å². The summed E-state index contributed by atoms with van der Waals surface area (Å²) in [6.07, 6.45) is -0.0799. The second-order valence-electron chi connectivity index (χ2n) is 6.07. The van der Waals surface area contributed by atoms with Crippen LogP contribution < -0.4 is 15.2 Å². The molecule has 1 atom stereocenters. The second kappa shape index (κ2) is 6.64. The Morgan fingerprint density at radius 1 is 1.12 bits per heavy atom. The van der Waals surface area contributed by atoms with Crippen LogP contribution in [0.1, 0.15) is 6.92 Å². The molecular formula is C19H20N2O4. The number of nitrogens with zero attached hydrogens (tertiary/aromatic N) is 2. The second-order valence-corrected chi connectivity index (χ2v) is 6.07. The van der Waals surface area contributed by atoms with Gasteiger partial charge in [0.05, 0.1) is 12.2 Å². The van der Waals surface area contributed by atoms with E-state index in [2.05, 4.69) is 11.8 Å². The number of fused-ring (bicyclic) bond motifs is 2. The Hall–Kier alpha value is -2.73. The summed E-state index contributed by atoms with van der Waals surface area (Å²) in [5.41, 5.74) is 1.41. The fourth-order valence-electron chi connectivity index (χ4n) is 3.08. The molecule has 130 valence electrons. The van der Waals surface area contributed by atoms with Crippen LogP contribution in [0.3, 0.4) is 0 Å². The zero-order valence-corrected chi connectivity index (χ0v) is 14.1. The van der Waals surface area contributed by atoms with E-state index in [1.165, 1.54) is 0 Å². The smallest absolute Gasteiger partial charge is 0.421 e. The zero-order chi connectivity index (χ0) is 17.2. The molecule has 4 rings (SSSR count). The van der Waals surface area contributed by atoms with Crippen molar-refractivity contribution in [2.24, 2.45) is 0 Å². The molecule has 2 heterocycles. The Kier molecular flexibility index (Phi) is 4.19. The van der Waals surface area contributed by atoms with Crippen molar-refractivity contribution in [3.8, 4) is 11.5 Å². The van der Waals surface area contributed by atoms with Crippen molar-refractivity contribution in [1.29, 1.82) is 0 Å². The van der Waals surface area contributed by atoms with E-state index in [-0.39, 0.29) is 11.9 Å². The van der Waals surface area contributed by atoms with Crippen molar-refractivity contribution < 1.29 is 13.9 Å². The Morgan fingerprint density at radius 3 is 2.72 bits per heavy atom. The fraction of sp³-hybridized carbons (Fsp3) is 0.316. The monoisotopic (exact) mass is 340 g/mol. The van der Waals surface area contributed by atoms with Crippen LogP contribution in [0.5, 0.6) is 11.5 Å². The lowest BCUT2D eigenvalue weighted by atomic mass is 10.2. The molecule has 1 aromatic heterocycles. The molecule has 1 aliphatic heterocycles.